The van der Waals surface area contributed by atoms with E-state index in [2.05, 4.69) is 21.6 Å². The Hall–Kier alpha value is -1.70. The fraction of sp³-hybridized carbons (Fsp3) is 0.556. The van der Waals surface area contributed by atoms with Gasteiger partial charge in [-0.3, -0.25) is 4.79 Å². The number of hydrogen-bond donors (Lipinski definition) is 3. The second-order valence-electron chi connectivity index (χ2n) is 6.96. The van der Waals surface area contributed by atoms with E-state index >= 15 is 0 Å². The molecule has 0 bridgehead atoms. The van der Waals surface area contributed by atoms with Crippen molar-refractivity contribution < 1.29 is 9.90 Å². The van der Waals surface area contributed by atoms with E-state index in [1.54, 1.807) is 11.3 Å². The zero-order chi connectivity index (χ0) is 17.2. The van der Waals surface area contributed by atoms with E-state index in [0.29, 0.717) is 13.1 Å². The zero-order valence-electron chi connectivity index (χ0n) is 14.1. The lowest BCUT2D eigenvalue weighted by molar-refractivity contribution is -0.125. The number of amides is 1. The van der Waals surface area contributed by atoms with Crippen LogP contribution in [0.15, 0.2) is 24.3 Å². The van der Waals surface area contributed by atoms with Crippen molar-refractivity contribution in [3.63, 3.8) is 0 Å². The van der Waals surface area contributed by atoms with Gasteiger partial charge in [-0.1, -0.05) is 23.5 Å². The SMILES string of the molecule is O=C(NCC1CNCC1O)C1CCN(c2nc3ccccc3s2)CC1. The molecule has 0 spiro atoms. The number of aromatic nitrogens is 1. The highest BCUT2D eigenvalue weighted by molar-refractivity contribution is 7.22. The van der Waals surface area contributed by atoms with Gasteiger partial charge in [-0.2, -0.15) is 0 Å². The second-order valence-corrected chi connectivity index (χ2v) is 7.97. The third-order valence-electron chi connectivity index (χ3n) is 5.26. The van der Waals surface area contributed by atoms with Crippen molar-refractivity contribution in [2.45, 2.75) is 18.9 Å². The number of carbonyl (C=O) groups excluding carboxylic acids is 1. The van der Waals surface area contributed by atoms with Crippen LogP contribution in [-0.4, -0.2) is 54.8 Å². The Labute approximate surface area is 151 Å². The van der Waals surface area contributed by atoms with Crippen molar-refractivity contribution >= 4 is 32.6 Å². The molecule has 1 amide bonds. The zero-order valence-corrected chi connectivity index (χ0v) is 15.0. The normalized spacial score (nSPS) is 24.8. The van der Waals surface area contributed by atoms with Crippen LogP contribution in [0, 0.1) is 11.8 Å². The molecule has 2 atom stereocenters. The summed E-state index contributed by atoms with van der Waals surface area (Å²) < 4.78 is 1.21. The number of β-amino-alcohol motifs (C(OH)–C–C–N with tert-alkyl or cyclic N) is 1. The average Bonchev–Trinajstić information content (AvgIpc) is 3.25. The summed E-state index contributed by atoms with van der Waals surface area (Å²) >= 11 is 1.72. The molecule has 1 aromatic carbocycles. The summed E-state index contributed by atoms with van der Waals surface area (Å²) in [5.41, 5.74) is 1.05. The first-order valence-corrected chi connectivity index (χ1v) is 9.79. The van der Waals surface area contributed by atoms with Crippen molar-refractivity contribution in [2.24, 2.45) is 11.8 Å². The molecular formula is C18H24N4O2S. The predicted octanol–water partition coefficient (Wildman–Crippen LogP) is 1.21. The number of nitrogens with one attached hydrogen (secondary N) is 2. The Morgan fingerprint density at radius 1 is 1.32 bits per heavy atom. The minimum atomic E-state index is -0.346. The van der Waals surface area contributed by atoms with Crippen LogP contribution in [0.3, 0.4) is 0 Å². The van der Waals surface area contributed by atoms with Crippen LogP contribution in [0.5, 0.6) is 0 Å². The topological polar surface area (TPSA) is 77.5 Å². The maximum Gasteiger partial charge on any atom is 0.223 e. The molecule has 7 heteroatoms. The molecule has 0 radical (unpaired) electrons. The van der Waals surface area contributed by atoms with Gasteiger partial charge < -0.3 is 20.6 Å². The minimum absolute atomic E-state index is 0.0668. The molecular weight excluding hydrogens is 336 g/mol. The van der Waals surface area contributed by atoms with Gasteiger partial charge >= 0.3 is 0 Å². The Bertz CT molecular complexity index is 709. The summed E-state index contributed by atoms with van der Waals surface area (Å²) in [4.78, 5) is 19.4. The highest BCUT2D eigenvalue weighted by Gasteiger charge is 2.29. The minimum Gasteiger partial charge on any atom is -0.391 e. The Morgan fingerprint density at radius 3 is 2.84 bits per heavy atom. The predicted molar refractivity (Wildman–Crippen MR) is 99.9 cm³/mol. The van der Waals surface area contributed by atoms with Crippen molar-refractivity contribution in [1.82, 2.24) is 15.6 Å². The van der Waals surface area contributed by atoms with E-state index in [-0.39, 0.29) is 23.8 Å². The van der Waals surface area contributed by atoms with Gasteiger partial charge in [0.25, 0.3) is 0 Å². The molecule has 6 nitrogen and oxygen atoms in total. The van der Waals surface area contributed by atoms with Crippen molar-refractivity contribution in [1.29, 1.82) is 0 Å². The smallest absolute Gasteiger partial charge is 0.223 e. The highest BCUT2D eigenvalue weighted by atomic mass is 32.1. The van der Waals surface area contributed by atoms with Gasteiger partial charge in [0.05, 0.1) is 16.3 Å². The van der Waals surface area contributed by atoms with E-state index in [1.165, 1.54) is 4.70 Å². The number of para-hydroxylation sites is 1. The number of anilines is 1. The second kappa shape index (κ2) is 7.27. The van der Waals surface area contributed by atoms with Gasteiger partial charge in [0, 0.05) is 44.6 Å². The van der Waals surface area contributed by atoms with Gasteiger partial charge in [-0.05, 0) is 25.0 Å². The maximum absolute atomic E-state index is 12.4. The number of nitrogens with zero attached hydrogens (tertiary/aromatic N) is 2. The van der Waals surface area contributed by atoms with Crippen LogP contribution in [0.4, 0.5) is 5.13 Å². The molecule has 2 aromatic rings. The molecule has 4 rings (SSSR count). The molecule has 2 aliphatic rings. The van der Waals surface area contributed by atoms with Gasteiger partial charge in [0.15, 0.2) is 5.13 Å². The molecule has 2 saturated heterocycles. The lowest BCUT2D eigenvalue weighted by Crippen LogP contribution is -2.42. The number of fused-ring (bicyclic) bond motifs is 1. The molecule has 2 aliphatic heterocycles. The van der Waals surface area contributed by atoms with E-state index in [4.69, 9.17) is 4.98 Å². The summed E-state index contributed by atoms with van der Waals surface area (Å²) in [6.45, 7) is 3.70. The van der Waals surface area contributed by atoms with Crippen LogP contribution >= 0.6 is 11.3 Å². The summed E-state index contributed by atoms with van der Waals surface area (Å²) in [6.07, 6.45) is 1.36. The number of aliphatic hydroxyl groups is 1. The van der Waals surface area contributed by atoms with Crippen LogP contribution in [0.25, 0.3) is 10.2 Å². The first-order chi connectivity index (χ1) is 12.2. The third-order valence-corrected chi connectivity index (χ3v) is 6.36. The Morgan fingerprint density at radius 2 is 2.12 bits per heavy atom. The number of carbonyl (C=O) groups is 1. The summed E-state index contributed by atoms with van der Waals surface area (Å²) in [7, 11) is 0. The van der Waals surface area contributed by atoms with Crippen LogP contribution < -0.4 is 15.5 Å². The molecule has 2 unspecified atom stereocenters. The Kier molecular flexibility index (Phi) is 4.87. The standard InChI is InChI=1S/C18H24N4O2S/c23-15-11-19-9-13(15)10-20-17(24)12-5-7-22(8-6-12)18-21-14-3-1-2-4-16(14)25-18/h1-4,12-13,15,19,23H,5-11H2,(H,20,24). The average molecular weight is 360 g/mol. The lowest BCUT2D eigenvalue weighted by atomic mass is 9.96. The van der Waals surface area contributed by atoms with Crippen LogP contribution in [-0.2, 0) is 4.79 Å². The van der Waals surface area contributed by atoms with Gasteiger partial charge in [0.1, 0.15) is 0 Å². The van der Waals surface area contributed by atoms with E-state index in [1.807, 2.05) is 18.2 Å². The van der Waals surface area contributed by atoms with E-state index in [0.717, 1.165) is 43.1 Å². The molecule has 0 saturated carbocycles. The summed E-state index contributed by atoms with van der Waals surface area (Å²) in [5.74, 6) is 0.326. The number of rotatable bonds is 4. The van der Waals surface area contributed by atoms with Crippen molar-refractivity contribution in [2.75, 3.05) is 37.6 Å². The number of piperidine rings is 1. The van der Waals surface area contributed by atoms with E-state index < -0.39 is 0 Å². The molecule has 3 heterocycles. The highest BCUT2D eigenvalue weighted by Crippen LogP contribution is 2.31. The number of thiazole rings is 1. The summed E-state index contributed by atoms with van der Waals surface area (Å²) in [6, 6.07) is 8.20. The third kappa shape index (κ3) is 3.63. The number of hydrogen-bond acceptors (Lipinski definition) is 6. The number of benzene rings is 1. The van der Waals surface area contributed by atoms with Gasteiger partial charge in [0.2, 0.25) is 5.91 Å². The van der Waals surface area contributed by atoms with Crippen LogP contribution in [0.1, 0.15) is 12.8 Å². The summed E-state index contributed by atoms with van der Waals surface area (Å²) in [5, 5.41) is 17.0. The fourth-order valence-corrected chi connectivity index (χ4v) is 4.65. The monoisotopic (exact) mass is 360 g/mol. The Balaban J connectivity index is 1.29. The van der Waals surface area contributed by atoms with E-state index in [9.17, 15) is 9.90 Å². The molecule has 2 fully saturated rings. The molecule has 134 valence electrons. The van der Waals surface area contributed by atoms with Gasteiger partial charge in [-0.15, -0.1) is 0 Å². The lowest BCUT2D eigenvalue weighted by Gasteiger charge is -2.31. The molecule has 3 N–H and O–H groups in total. The molecule has 25 heavy (non-hydrogen) atoms. The first-order valence-electron chi connectivity index (χ1n) is 8.98. The number of aliphatic hydroxyl groups excluding tert-OH is 1. The molecule has 0 aliphatic carbocycles. The maximum atomic E-state index is 12.4. The van der Waals surface area contributed by atoms with Gasteiger partial charge in [-0.25, -0.2) is 4.98 Å². The first kappa shape index (κ1) is 16.8. The fourth-order valence-electron chi connectivity index (χ4n) is 3.63. The quantitative estimate of drug-likeness (QED) is 0.764. The van der Waals surface area contributed by atoms with Crippen LogP contribution in [0.2, 0.25) is 0 Å². The van der Waals surface area contributed by atoms with Crippen molar-refractivity contribution in [3.8, 4) is 0 Å². The molecule has 1 aromatic heterocycles. The largest absolute Gasteiger partial charge is 0.391 e. The van der Waals surface area contributed by atoms with Crippen molar-refractivity contribution in [3.05, 3.63) is 24.3 Å².